The monoisotopic (exact) mass is 218 g/mol. The third-order valence-electron chi connectivity index (χ3n) is 1.65. The van der Waals surface area contributed by atoms with Gasteiger partial charge in [0.1, 0.15) is 11.6 Å². The highest BCUT2D eigenvalue weighted by molar-refractivity contribution is 5.97. The van der Waals surface area contributed by atoms with E-state index in [-0.39, 0.29) is 5.56 Å². The Balaban J connectivity index is 3.13. The molecule has 15 heavy (non-hydrogen) atoms. The first-order valence-electron chi connectivity index (χ1n) is 4.00. The normalized spacial score (nSPS) is 11.2. The van der Waals surface area contributed by atoms with Gasteiger partial charge in [-0.15, -0.1) is 13.2 Å². The maximum Gasteiger partial charge on any atom is 0.573 e. The summed E-state index contributed by atoms with van der Waals surface area (Å²) in [6, 6.07) is 4.06. The van der Waals surface area contributed by atoms with E-state index in [1.54, 1.807) is 13.0 Å². The van der Waals surface area contributed by atoms with Crippen molar-refractivity contribution in [2.45, 2.75) is 13.3 Å². The summed E-state index contributed by atoms with van der Waals surface area (Å²) in [4.78, 5) is 0. The van der Waals surface area contributed by atoms with Crippen molar-refractivity contribution in [3.8, 4) is 5.75 Å². The number of alkyl halides is 3. The standard InChI is InChI=1S/C9H9F3N2O/c1-5-2-3-6(8(13)14)7(4-5)15-9(10,11)12/h2-4H,1H3,(H3,13,14). The Morgan fingerprint density at radius 1 is 1.40 bits per heavy atom. The summed E-state index contributed by atoms with van der Waals surface area (Å²) in [6.45, 7) is 1.62. The lowest BCUT2D eigenvalue weighted by atomic mass is 10.1. The van der Waals surface area contributed by atoms with E-state index in [9.17, 15) is 13.2 Å². The van der Waals surface area contributed by atoms with Crippen molar-refractivity contribution in [2.75, 3.05) is 0 Å². The fraction of sp³-hybridized carbons (Fsp3) is 0.222. The van der Waals surface area contributed by atoms with Gasteiger partial charge in [0.2, 0.25) is 0 Å². The van der Waals surface area contributed by atoms with Gasteiger partial charge in [0.15, 0.2) is 0 Å². The van der Waals surface area contributed by atoms with Crippen LogP contribution in [0.3, 0.4) is 0 Å². The zero-order valence-corrected chi connectivity index (χ0v) is 7.85. The highest BCUT2D eigenvalue weighted by Gasteiger charge is 2.32. The molecule has 0 atom stereocenters. The van der Waals surface area contributed by atoms with Crippen molar-refractivity contribution >= 4 is 5.84 Å². The molecule has 82 valence electrons. The van der Waals surface area contributed by atoms with Gasteiger partial charge in [-0.3, -0.25) is 5.41 Å². The molecule has 0 spiro atoms. The third-order valence-corrected chi connectivity index (χ3v) is 1.65. The average Bonchev–Trinajstić information content (AvgIpc) is 1.99. The van der Waals surface area contributed by atoms with Gasteiger partial charge < -0.3 is 10.5 Å². The molecule has 0 bridgehead atoms. The molecule has 0 aliphatic heterocycles. The number of nitrogen functional groups attached to an aromatic ring is 1. The Morgan fingerprint density at radius 3 is 2.47 bits per heavy atom. The van der Waals surface area contributed by atoms with Gasteiger partial charge in [-0.05, 0) is 24.6 Å². The second-order valence-electron chi connectivity index (χ2n) is 2.96. The number of hydrogen-bond donors (Lipinski definition) is 2. The van der Waals surface area contributed by atoms with Crippen LogP contribution in [0.2, 0.25) is 0 Å². The van der Waals surface area contributed by atoms with Gasteiger partial charge in [-0.1, -0.05) is 6.07 Å². The van der Waals surface area contributed by atoms with Crippen LogP contribution in [-0.2, 0) is 0 Å². The molecule has 0 heterocycles. The average molecular weight is 218 g/mol. The second kappa shape index (κ2) is 3.80. The molecule has 6 heteroatoms. The summed E-state index contributed by atoms with van der Waals surface area (Å²) in [5.74, 6) is -0.913. The summed E-state index contributed by atoms with van der Waals surface area (Å²) in [6.07, 6.45) is -4.78. The molecular formula is C9H9F3N2O. The lowest BCUT2D eigenvalue weighted by Gasteiger charge is -2.12. The minimum absolute atomic E-state index is 0.0714. The van der Waals surface area contributed by atoms with Gasteiger partial charge in [0.05, 0.1) is 5.56 Å². The highest BCUT2D eigenvalue weighted by atomic mass is 19.4. The molecule has 0 amide bonds. The quantitative estimate of drug-likeness (QED) is 0.590. The van der Waals surface area contributed by atoms with Crippen molar-refractivity contribution in [1.29, 1.82) is 5.41 Å². The Labute approximate surface area is 84.2 Å². The molecule has 1 aromatic rings. The van der Waals surface area contributed by atoms with Crippen LogP contribution in [0.1, 0.15) is 11.1 Å². The van der Waals surface area contributed by atoms with Gasteiger partial charge in [0, 0.05) is 0 Å². The van der Waals surface area contributed by atoms with E-state index in [2.05, 4.69) is 4.74 Å². The Bertz CT molecular complexity index is 387. The van der Waals surface area contributed by atoms with E-state index >= 15 is 0 Å². The van der Waals surface area contributed by atoms with E-state index in [1.165, 1.54) is 12.1 Å². The van der Waals surface area contributed by atoms with E-state index in [4.69, 9.17) is 11.1 Å². The Hall–Kier alpha value is -1.72. The largest absolute Gasteiger partial charge is 0.573 e. The summed E-state index contributed by atoms with van der Waals surface area (Å²) in [5, 5.41) is 7.08. The summed E-state index contributed by atoms with van der Waals surface area (Å²) in [7, 11) is 0. The lowest BCUT2D eigenvalue weighted by molar-refractivity contribution is -0.274. The number of ether oxygens (including phenoxy) is 1. The molecule has 3 nitrogen and oxygen atoms in total. The zero-order chi connectivity index (χ0) is 11.6. The minimum Gasteiger partial charge on any atom is -0.405 e. The molecule has 0 radical (unpaired) electrons. The first kappa shape index (κ1) is 11.4. The predicted octanol–water partition coefficient (Wildman–Crippen LogP) is 2.18. The van der Waals surface area contributed by atoms with Crippen molar-refractivity contribution in [1.82, 2.24) is 0 Å². The van der Waals surface area contributed by atoms with Gasteiger partial charge in [0.25, 0.3) is 0 Å². The first-order chi connectivity index (χ1) is 6.79. The molecule has 0 aromatic heterocycles. The van der Waals surface area contributed by atoms with Gasteiger partial charge in [-0.2, -0.15) is 0 Å². The van der Waals surface area contributed by atoms with E-state index in [1.807, 2.05) is 0 Å². The molecule has 3 N–H and O–H groups in total. The lowest BCUT2D eigenvalue weighted by Crippen LogP contribution is -2.21. The number of amidine groups is 1. The molecule has 0 aliphatic carbocycles. The number of nitrogens with two attached hydrogens (primary N) is 1. The van der Waals surface area contributed by atoms with E-state index < -0.39 is 17.9 Å². The first-order valence-corrected chi connectivity index (χ1v) is 4.00. The predicted molar refractivity (Wildman–Crippen MR) is 48.9 cm³/mol. The van der Waals surface area contributed by atoms with Gasteiger partial charge in [-0.25, -0.2) is 0 Å². The molecule has 1 aromatic carbocycles. The number of halogens is 3. The third kappa shape index (κ3) is 3.16. The number of aryl methyl sites for hydroxylation is 1. The van der Waals surface area contributed by atoms with Crippen molar-refractivity contribution in [3.05, 3.63) is 29.3 Å². The summed E-state index contributed by atoms with van der Waals surface area (Å²) < 4.78 is 39.7. The number of hydrogen-bond acceptors (Lipinski definition) is 2. The Kier molecular flexibility index (Phi) is 2.88. The van der Waals surface area contributed by atoms with Crippen LogP contribution in [-0.4, -0.2) is 12.2 Å². The fourth-order valence-electron chi connectivity index (χ4n) is 1.06. The number of rotatable bonds is 2. The number of benzene rings is 1. The highest BCUT2D eigenvalue weighted by Crippen LogP contribution is 2.27. The van der Waals surface area contributed by atoms with Crippen molar-refractivity contribution in [2.24, 2.45) is 5.73 Å². The minimum atomic E-state index is -4.78. The molecule has 0 fully saturated rings. The molecule has 0 aliphatic rings. The molecule has 0 saturated heterocycles. The molecule has 0 unspecified atom stereocenters. The maximum atomic E-state index is 12.0. The van der Waals surface area contributed by atoms with Crippen molar-refractivity contribution < 1.29 is 17.9 Å². The van der Waals surface area contributed by atoms with Crippen LogP contribution in [0.5, 0.6) is 5.75 Å². The summed E-state index contributed by atoms with van der Waals surface area (Å²) >= 11 is 0. The molecule has 1 rings (SSSR count). The van der Waals surface area contributed by atoms with Crippen LogP contribution < -0.4 is 10.5 Å². The fourth-order valence-corrected chi connectivity index (χ4v) is 1.06. The summed E-state index contributed by atoms with van der Waals surface area (Å²) in [5.41, 5.74) is 5.64. The maximum absolute atomic E-state index is 12.0. The van der Waals surface area contributed by atoms with Crippen LogP contribution in [0.25, 0.3) is 0 Å². The van der Waals surface area contributed by atoms with Crippen molar-refractivity contribution in [3.63, 3.8) is 0 Å². The topological polar surface area (TPSA) is 59.1 Å². The van der Waals surface area contributed by atoms with E-state index in [0.29, 0.717) is 5.56 Å². The molecular weight excluding hydrogens is 209 g/mol. The zero-order valence-electron chi connectivity index (χ0n) is 7.85. The Morgan fingerprint density at radius 2 is 2.00 bits per heavy atom. The van der Waals surface area contributed by atoms with Crippen LogP contribution in [0, 0.1) is 12.3 Å². The molecule has 0 saturated carbocycles. The van der Waals surface area contributed by atoms with Crippen LogP contribution in [0.4, 0.5) is 13.2 Å². The van der Waals surface area contributed by atoms with Gasteiger partial charge >= 0.3 is 6.36 Å². The number of nitrogens with one attached hydrogen (secondary N) is 1. The second-order valence-corrected chi connectivity index (χ2v) is 2.96. The van der Waals surface area contributed by atoms with Crippen LogP contribution >= 0.6 is 0 Å². The van der Waals surface area contributed by atoms with E-state index in [0.717, 1.165) is 0 Å². The smallest absolute Gasteiger partial charge is 0.405 e. The van der Waals surface area contributed by atoms with Crippen LogP contribution in [0.15, 0.2) is 18.2 Å². The SMILES string of the molecule is Cc1ccc(C(=N)N)c(OC(F)(F)F)c1.